The van der Waals surface area contributed by atoms with Gasteiger partial charge in [-0.15, -0.1) is 0 Å². The first-order valence-electron chi connectivity index (χ1n) is 6.85. The van der Waals surface area contributed by atoms with Gasteiger partial charge >= 0.3 is 0 Å². The molecule has 2 aromatic heterocycles. The largest absolute Gasteiger partial charge is 0.506 e. The summed E-state index contributed by atoms with van der Waals surface area (Å²) in [7, 11) is 0. The lowest BCUT2D eigenvalue weighted by atomic mass is 10.2. The molecule has 0 aliphatic rings. The monoisotopic (exact) mass is 332 g/mol. The standard InChI is InChI=1S/C15H13ClN4O3/c16-10-8-9(3-4-11(10)21)15(22)17-6-5-13-18-14(20-19-13)12-2-1-7-23-12/h1-4,7-8,21H,5-6H2,(H,17,22)(H,18,19,20). The fraction of sp³-hybridized carbons (Fsp3) is 0.133. The molecule has 0 spiro atoms. The molecule has 7 nitrogen and oxygen atoms in total. The molecule has 0 aliphatic carbocycles. The van der Waals surface area contributed by atoms with E-state index < -0.39 is 0 Å². The maximum Gasteiger partial charge on any atom is 0.251 e. The van der Waals surface area contributed by atoms with Crippen molar-refractivity contribution in [3.05, 3.63) is 53.0 Å². The Morgan fingerprint density at radius 3 is 3.00 bits per heavy atom. The molecule has 118 valence electrons. The first-order chi connectivity index (χ1) is 11.1. The minimum absolute atomic E-state index is 0.0599. The number of furan rings is 1. The fourth-order valence-electron chi connectivity index (χ4n) is 1.97. The highest BCUT2D eigenvalue weighted by Crippen LogP contribution is 2.23. The van der Waals surface area contributed by atoms with E-state index in [0.29, 0.717) is 35.9 Å². The van der Waals surface area contributed by atoms with Crippen molar-refractivity contribution in [3.63, 3.8) is 0 Å². The van der Waals surface area contributed by atoms with Crippen molar-refractivity contribution in [1.82, 2.24) is 20.5 Å². The number of nitrogens with one attached hydrogen (secondary N) is 2. The number of aromatic hydroxyl groups is 1. The van der Waals surface area contributed by atoms with E-state index in [2.05, 4.69) is 20.5 Å². The van der Waals surface area contributed by atoms with Crippen molar-refractivity contribution in [2.45, 2.75) is 6.42 Å². The molecule has 1 aromatic carbocycles. The Morgan fingerprint density at radius 1 is 1.39 bits per heavy atom. The van der Waals surface area contributed by atoms with Gasteiger partial charge in [-0.3, -0.25) is 9.89 Å². The summed E-state index contributed by atoms with van der Waals surface area (Å²) in [4.78, 5) is 16.3. The summed E-state index contributed by atoms with van der Waals surface area (Å²) >= 11 is 5.78. The molecular formula is C15H13ClN4O3. The predicted octanol–water partition coefficient (Wildman–Crippen LogP) is 2.40. The lowest BCUT2D eigenvalue weighted by Crippen LogP contribution is -2.25. The Hall–Kier alpha value is -2.80. The summed E-state index contributed by atoms with van der Waals surface area (Å²) in [5.41, 5.74) is 0.377. The number of aromatic amines is 1. The van der Waals surface area contributed by atoms with Crippen molar-refractivity contribution >= 4 is 17.5 Å². The number of amides is 1. The minimum Gasteiger partial charge on any atom is -0.506 e. The number of H-pyrrole nitrogens is 1. The molecule has 0 saturated carbocycles. The summed E-state index contributed by atoms with van der Waals surface area (Å²) in [6, 6.07) is 7.82. The van der Waals surface area contributed by atoms with Crippen LogP contribution in [0.5, 0.6) is 5.75 Å². The summed E-state index contributed by atoms with van der Waals surface area (Å²) in [5.74, 6) is 1.35. The number of carbonyl (C=O) groups excluding carboxylic acids is 1. The molecule has 23 heavy (non-hydrogen) atoms. The zero-order chi connectivity index (χ0) is 16.2. The van der Waals surface area contributed by atoms with Crippen molar-refractivity contribution in [2.75, 3.05) is 6.54 Å². The van der Waals surface area contributed by atoms with Gasteiger partial charge in [0, 0.05) is 18.5 Å². The number of hydrogen-bond donors (Lipinski definition) is 3. The molecule has 1 amide bonds. The third-order valence-corrected chi connectivity index (χ3v) is 3.43. The number of phenols is 1. The molecule has 3 rings (SSSR count). The van der Waals surface area contributed by atoms with Gasteiger partial charge in [0.05, 0.1) is 11.3 Å². The SMILES string of the molecule is O=C(NCCc1nc(-c2ccco2)n[nH]1)c1ccc(O)c(Cl)c1. The van der Waals surface area contributed by atoms with Gasteiger partial charge in [0.25, 0.3) is 5.91 Å². The lowest BCUT2D eigenvalue weighted by molar-refractivity contribution is 0.0954. The Morgan fingerprint density at radius 2 is 2.26 bits per heavy atom. The molecule has 0 fully saturated rings. The van der Waals surface area contributed by atoms with Crippen LogP contribution >= 0.6 is 11.6 Å². The summed E-state index contributed by atoms with van der Waals surface area (Å²) in [5, 5.41) is 19.1. The van der Waals surface area contributed by atoms with Crippen LogP contribution < -0.4 is 5.32 Å². The summed E-state index contributed by atoms with van der Waals surface area (Å²) in [6.45, 7) is 0.379. The van der Waals surface area contributed by atoms with Crippen LogP contribution in [-0.4, -0.2) is 32.7 Å². The second kappa shape index (κ2) is 6.53. The normalized spacial score (nSPS) is 10.7. The summed E-state index contributed by atoms with van der Waals surface area (Å²) < 4.78 is 5.21. The molecule has 0 unspecified atom stereocenters. The number of benzene rings is 1. The maximum absolute atomic E-state index is 12.0. The fourth-order valence-corrected chi connectivity index (χ4v) is 2.15. The van der Waals surface area contributed by atoms with Gasteiger partial charge in [0.1, 0.15) is 11.6 Å². The van der Waals surface area contributed by atoms with E-state index in [1.54, 1.807) is 18.4 Å². The second-order valence-corrected chi connectivity index (χ2v) is 5.16. The van der Waals surface area contributed by atoms with Gasteiger partial charge in [-0.2, -0.15) is 5.10 Å². The van der Waals surface area contributed by atoms with Crippen molar-refractivity contribution in [2.24, 2.45) is 0 Å². The van der Waals surface area contributed by atoms with Crippen LogP contribution in [0.2, 0.25) is 5.02 Å². The maximum atomic E-state index is 12.0. The Balaban J connectivity index is 1.55. The Bertz CT molecular complexity index is 814. The molecule has 0 bridgehead atoms. The smallest absolute Gasteiger partial charge is 0.251 e. The average molecular weight is 333 g/mol. The highest BCUT2D eigenvalue weighted by atomic mass is 35.5. The van der Waals surface area contributed by atoms with Crippen LogP contribution in [0.25, 0.3) is 11.6 Å². The highest BCUT2D eigenvalue weighted by Gasteiger charge is 2.10. The number of carbonyl (C=O) groups is 1. The second-order valence-electron chi connectivity index (χ2n) is 4.76. The van der Waals surface area contributed by atoms with Gasteiger partial charge in [-0.25, -0.2) is 4.98 Å². The third-order valence-electron chi connectivity index (χ3n) is 3.13. The molecule has 0 aliphatic heterocycles. The molecule has 8 heteroatoms. The van der Waals surface area contributed by atoms with Gasteiger partial charge in [-0.05, 0) is 30.3 Å². The Labute approximate surface area is 136 Å². The Kier molecular flexibility index (Phi) is 4.29. The van der Waals surface area contributed by atoms with Crippen LogP contribution in [0.15, 0.2) is 41.0 Å². The van der Waals surface area contributed by atoms with E-state index in [1.807, 2.05) is 0 Å². The van der Waals surface area contributed by atoms with Crippen LogP contribution in [-0.2, 0) is 6.42 Å². The first kappa shape index (κ1) is 15.1. The number of phenolic OH excluding ortho intramolecular Hbond substituents is 1. The molecule has 0 saturated heterocycles. The van der Waals surface area contributed by atoms with Crippen LogP contribution in [0, 0.1) is 0 Å². The van der Waals surface area contributed by atoms with Gasteiger partial charge in [0.15, 0.2) is 5.76 Å². The van der Waals surface area contributed by atoms with Crippen LogP contribution in [0.3, 0.4) is 0 Å². The van der Waals surface area contributed by atoms with E-state index in [4.69, 9.17) is 16.0 Å². The minimum atomic E-state index is -0.280. The van der Waals surface area contributed by atoms with E-state index >= 15 is 0 Å². The van der Waals surface area contributed by atoms with Crippen molar-refractivity contribution in [3.8, 4) is 17.3 Å². The van der Waals surface area contributed by atoms with E-state index in [0.717, 1.165) is 0 Å². The summed E-state index contributed by atoms with van der Waals surface area (Å²) in [6.07, 6.45) is 2.04. The zero-order valence-electron chi connectivity index (χ0n) is 11.9. The number of halogens is 1. The number of aromatic nitrogens is 3. The quantitative estimate of drug-likeness (QED) is 0.665. The van der Waals surface area contributed by atoms with E-state index in [1.165, 1.54) is 18.2 Å². The number of nitrogens with zero attached hydrogens (tertiary/aromatic N) is 2. The molecule has 0 atom stereocenters. The van der Waals surface area contributed by atoms with Gasteiger partial charge < -0.3 is 14.8 Å². The third kappa shape index (κ3) is 3.51. The van der Waals surface area contributed by atoms with Gasteiger partial charge in [0.2, 0.25) is 5.82 Å². The topological polar surface area (TPSA) is 104 Å². The average Bonchev–Trinajstić information content (AvgIpc) is 3.20. The van der Waals surface area contributed by atoms with E-state index in [9.17, 15) is 9.90 Å². The van der Waals surface area contributed by atoms with Gasteiger partial charge in [-0.1, -0.05) is 11.6 Å². The zero-order valence-corrected chi connectivity index (χ0v) is 12.7. The van der Waals surface area contributed by atoms with Crippen LogP contribution in [0.4, 0.5) is 0 Å². The number of rotatable bonds is 5. The molecule has 0 radical (unpaired) electrons. The molecule has 3 aromatic rings. The van der Waals surface area contributed by atoms with Crippen LogP contribution in [0.1, 0.15) is 16.2 Å². The molecule has 3 N–H and O–H groups in total. The molecule has 2 heterocycles. The van der Waals surface area contributed by atoms with Crippen molar-refractivity contribution < 1.29 is 14.3 Å². The molecular weight excluding hydrogens is 320 g/mol. The van der Waals surface area contributed by atoms with Crippen molar-refractivity contribution in [1.29, 1.82) is 0 Å². The lowest BCUT2D eigenvalue weighted by Gasteiger charge is -2.05. The number of hydrogen-bond acceptors (Lipinski definition) is 5. The highest BCUT2D eigenvalue weighted by molar-refractivity contribution is 6.32. The van der Waals surface area contributed by atoms with E-state index in [-0.39, 0.29) is 16.7 Å². The first-order valence-corrected chi connectivity index (χ1v) is 7.23. The predicted molar refractivity (Wildman–Crippen MR) is 83.2 cm³/mol.